The molecule has 386 valence electrons. The monoisotopic (exact) mass is 1080 g/mol. The van der Waals surface area contributed by atoms with Gasteiger partial charge in [-0.05, 0) is 148 Å². The Labute approximate surface area is 453 Å². The van der Waals surface area contributed by atoms with Crippen LogP contribution in [0, 0.1) is 0 Å². The van der Waals surface area contributed by atoms with Crippen LogP contribution < -0.4 is 14.9 Å². The van der Waals surface area contributed by atoms with Gasteiger partial charge in [0.2, 0.25) is 0 Å². The second-order valence-corrected chi connectivity index (χ2v) is 21.4. The van der Waals surface area contributed by atoms with Crippen molar-refractivity contribution >= 4 is 61.6 Å². The summed E-state index contributed by atoms with van der Waals surface area (Å²) in [6.45, 7) is 12.5. The van der Waals surface area contributed by atoms with Crippen LogP contribution in [-0.4, -0.2) is 130 Å². The number of halogens is 1. The van der Waals surface area contributed by atoms with Gasteiger partial charge in [-0.3, -0.25) is 19.9 Å². The van der Waals surface area contributed by atoms with E-state index in [1.165, 1.54) is 0 Å². The lowest BCUT2D eigenvalue weighted by Crippen LogP contribution is -2.41. The van der Waals surface area contributed by atoms with Gasteiger partial charge in [0.1, 0.15) is 23.7 Å². The fraction of sp³-hybridized carbons (Fsp3) is 0.310. The molecule has 16 nitrogen and oxygen atoms in total. The molecule has 3 saturated heterocycles. The number of nitrogens with zero attached hydrogens (tertiary/aromatic N) is 12. The maximum atomic E-state index is 7.79. The standard InChI is InChI=1S/C26H24N6O.C17H18BrN5O.C15H18BNO2/c1-31-12-9-19(10-13-31)33-20-7-8-24(28-15-20)18-14-29-26-23(16-30-32(26)17-18)21-4-2-6-25-22(21)5-3-11-27-25;1-22-6-4-13(5-7-22)24-14-2-3-16(19-9-14)12-8-20-17-15(18)10-21-23(17)11-12;1-14(2)15(3,4)19-16(18-14)12-8-5-9-13-11(12)7-6-10-17-13/h2-8,11,14-17,19H,9-10,12-13H2,1H3;2-3,8-11,13H,4-7H2,1H3;5-10H,1-4H3/i11D;;10D. The van der Waals surface area contributed by atoms with Gasteiger partial charge < -0.3 is 28.6 Å². The summed E-state index contributed by atoms with van der Waals surface area (Å²) < 4.78 is 44.1. The van der Waals surface area contributed by atoms with Crippen LogP contribution in [0.3, 0.4) is 0 Å². The Morgan fingerprint density at radius 1 is 0.553 bits per heavy atom. The molecular weight excluding hydrogens is 1020 g/mol. The number of fused-ring (bicyclic) bond motifs is 4. The van der Waals surface area contributed by atoms with E-state index in [1.807, 2.05) is 131 Å². The summed E-state index contributed by atoms with van der Waals surface area (Å²) in [5.74, 6) is 1.62. The van der Waals surface area contributed by atoms with Crippen LogP contribution in [0.5, 0.6) is 11.5 Å². The Kier molecular flexibility index (Phi) is 13.9. The smallest absolute Gasteiger partial charge is 0.489 e. The molecule has 0 atom stereocenters. The van der Waals surface area contributed by atoms with E-state index >= 15 is 0 Å². The van der Waals surface area contributed by atoms with E-state index in [-0.39, 0.29) is 35.8 Å². The van der Waals surface area contributed by atoms with Crippen molar-refractivity contribution in [3.8, 4) is 45.1 Å². The predicted octanol–water partition coefficient (Wildman–Crippen LogP) is 10.0. The highest BCUT2D eigenvalue weighted by atomic mass is 79.9. The third-order valence-electron chi connectivity index (χ3n) is 14.7. The zero-order valence-electron chi connectivity index (χ0n) is 45.5. The average Bonchev–Trinajstić information content (AvgIpc) is 4.25. The van der Waals surface area contributed by atoms with Crippen molar-refractivity contribution in [2.24, 2.45) is 0 Å². The van der Waals surface area contributed by atoms with Crippen LogP contribution in [0.1, 0.15) is 56.1 Å². The van der Waals surface area contributed by atoms with Gasteiger partial charge in [0, 0.05) is 85.4 Å². The minimum atomic E-state index is -0.401. The molecule has 2 aromatic carbocycles. The topological polar surface area (TPSA) is 155 Å². The van der Waals surface area contributed by atoms with E-state index in [2.05, 4.69) is 74.9 Å². The van der Waals surface area contributed by atoms with Crippen molar-refractivity contribution in [3.63, 3.8) is 0 Å². The van der Waals surface area contributed by atoms with E-state index in [1.54, 1.807) is 39.8 Å². The van der Waals surface area contributed by atoms with E-state index in [9.17, 15) is 0 Å². The summed E-state index contributed by atoms with van der Waals surface area (Å²) in [4.78, 5) is 31.5. The number of hydrogen-bond donors (Lipinski definition) is 0. The molecule has 0 spiro atoms. The van der Waals surface area contributed by atoms with Crippen molar-refractivity contribution in [3.05, 3.63) is 151 Å². The van der Waals surface area contributed by atoms with Crippen LogP contribution in [0.4, 0.5) is 0 Å². The van der Waals surface area contributed by atoms with Crippen LogP contribution in [0.25, 0.3) is 66.7 Å². The first kappa shape index (κ1) is 48.4. The summed E-state index contributed by atoms with van der Waals surface area (Å²) in [5.41, 5.74) is 8.77. The summed E-state index contributed by atoms with van der Waals surface area (Å²) >= 11 is 3.43. The Morgan fingerprint density at radius 2 is 1.07 bits per heavy atom. The number of piperidine rings is 2. The quantitative estimate of drug-likeness (QED) is 0.133. The number of pyridine rings is 4. The third kappa shape index (κ3) is 11.0. The summed E-state index contributed by atoms with van der Waals surface area (Å²) in [5, 5.41) is 10.8. The van der Waals surface area contributed by atoms with Crippen LogP contribution in [0.2, 0.25) is 0 Å². The molecule has 76 heavy (non-hydrogen) atoms. The van der Waals surface area contributed by atoms with E-state index in [0.717, 1.165) is 140 Å². The zero-order chi connectivity index (χ0) is 54.1. The van der Waals surface area contributed by atoms with Crippen LogP contribution in [0.15, 0.2) is 151 Å². The number of aromatic nitrogens is 10. The summed E-state index contributed by atoms with van der Waals surface area (Å²) in [6, 6.07) is 26.8. The fourth-order valence-electron chi connectivity index (χ4n) is 9.55. The highest BCUT2D eigenvalue weighted by Crippen LogP contribution is 2.37. The second-order valence-electron chi connectivity index (χ2n) is 20.5. The summed E-state index contributed by atoms with van der Waals surface area (Å²) in [6.07, 6.45) is 19.9. The normalized spacial score (nSPS) is 17.5. The molecule has 0 radical (unpaired) electrons. The Morgan fingerprint density at radius 3 is 1.63 bits per heavy atom. The van der Waals surface area contributed by atoms with Crippen LogP contribution in [-0.2, 0) is 9.31 Å². The average molecular weight is 1080 g/mol. The SMILES string of the molecule is CN1CCC(Oc2ccc(-c3cnc4c(Br)cnn4c3)nc2)CC1.[2H]c1ccc2c(-c3cnn4cc(-c5ccc(OC6CCN(C)CC6)cn5)cnc34)cccc2n1.[2H]c1ccc2c(B3OC(C)(C)C(C)(C)O3)cccc2n1. The van der Waals surface area contributed by atoms with E-state index in [0.29, 0.717) is 0 Å². The second kappa shape index (κ2) is 21.8. The first-order chi connectivity index (χ1) is 37.6. The van der Waals surface area contributed by atoms with Crippen molar-refractivity contribution in [1.29, 1.82) is 0 Å². The number of rotatable bonds is 8. The van der Waals surface area contributed by atoms with Crippen molar-refractivity contribution in [2.75, 3.05) is 40.3 Å². The maximum absolute atomic E-state index is 7.79. The third-order valence-corrected chi connectivity index (χ3v) is 15.2. The van der Waals surface area contributed by atoms with Gasteiger partial charge in [0.25, 0.3) is 0 Å². The number of ether oxygens (including phenoxy) is 2. The molecule has 3 aliphatic heterocycles. The van der Waals surface area contributed by atoms with Crippen molar-refractivity contribution in [1.82, 2.24) is 58.9 Å². The lowest BCUT2D eigenvalue weighted by atomic mass is 9.77. The lowest BCUT2D eigenvalue weighted by molar-refractivity contribution is 0.00578. The van der Waals surface area contributed by atoms with Crippen molar-refractivity contribution in [2.45, 2.75) is 76.8 Å². The van der Waals surface area contributed by atoms with Gasteiger partial charge >= 0.3 is 7.12 Å². The molecule has 0 saturated carbocycles. The molecule has 0 bridgehead atoms. The van der Waals surface area contributed by atoms with Gasteiger partial charge in [-0.15, -0.1) is 0 Å². The molecule has 11 heterocycles. The van der Waals surface area contributed by atoms with Crippen molar-refractivity contribution < 1.29 is 21.5 Å². The number of likely N-dealkylation sites (tertiary alicyclic amines) is 2. The predicted molar refractivity (Wildman–Crippen MR) is 301 cm³/mol. The van der Waals surface area contributed by atoms with Crippen LogP contribution >= 0.6 is 15.9 Å². The molecule has 0 amide bonds. The molecule has 8 aromatic heterocycles. The first-order valence-corrected chi connectivity index (χ1v) is 26.5. The first-order valence-electron chi connectivity index (χ1n) is 26.7. The molecule has 0 aliphatic carbocycles. The summed E-state index contributed by atoms with van der Waals surface area (Å²) in [7, 11) is 3.89. The minimum Gasteiger partial charge on any atom is -0.489 e. The molecule has 18 heteroatoms. The van der Waals surface area contributed by atoms with E-state index in [4.69, 9.17) is 26.5 Å². The van der Waals surface area contributed by atoms with E-state index < -0.39 is 7.12 Å². The Bertz CT molecular complexity index is 3720. The molecule has 3 fully saturated rings. The highest BCUT2D eigenvalue weighted by molar-refractivity contribution is 9.10. The molecular formula is C58H60BBrN12O4. The zero-order valence-corrected chi connectivity index (χ0v) is 45.1. The molecule has 13 rings (SSSR count). The molecule has 3 aliphatic rings. The van der Waals surface area contributed by atoms with Gasteiger partial charge in [0.15, 0.2) is 11.3 Å². The molecule has 0 N–H and O–H groups in total. The number of hydrogen-bond acceptors (Lipinski definition) is 14. The Balaban J connectivity index is 0.000000129. The molecule has 10 aromatic rings. The van der Waals surface area contributed by atoms with Gasteiger partial charge in [-0.1, -0.05) is 36.4 Å². The maximum Gasteiger partial charge on any atom is 0.495 e. The van der Waals surface area contributed by atoms with Gasteiger partial charge in [-0.25, -0.2) is 19.0 Å². The largest absolute Gasteiger partial charge is 0.495 e. The van der Waals surface area contributed by atoms with Gasteiger partial charge in [-0.2, -0.15) is 10.2 Å². The lowest BCUT2D eigenvalue weighted by Gasteiger charge is -2.32. The number of benzene rings is 2. The Hall–Kier alpha value is -7.22. The van der Waals surface area contributed by atoms with Gasteiger partial charge in [0.05, 0.1) is 65.6 Å². The molecule has 0 unspecified atom stereocenters. The minimum absolute atomic E-state index is 0.251. The fourth-order valence-corrected chi connectivity index (χ4v) is 9.92. The highest BCUT2D eigenvalue weighted by Gasteiger charge is 2.52.